The molecule has 1 N–H and O–H groups in total. The zero-order chi connectivity index (χ0) is 9.30. The minimum Gasteiger partial charge on any atom is -0.504 e. The van der Waals surface area contributed by atoms with Crippen LogP contribution in [0.2, 0.25) is 5.02 Å². The van der Waals surface area contributed by atoms with Crippen LogP contribution in [-0.4, -0.2) is 12.2 Å². The van der Waals surface area contributed by atoms with E-state index in [0.717, 1.165) is 6.07 Å². The molecule has 0 saturated carbocycles. The van der Waals surface area contributed by atoms with Crippen molar-refractivity contribution in [1.82, 2.24) is 0 Å². The maximum Gasteiger partial charge on any atom is 0.196 e. The highest BCUT2D eigenvalue weighted by Gasteiger charge is 2.13. The van der Waals surface area contributed by atoms with E-state index in [1.807, 2.05) is 0 Å². The molecule has 12 heavy (non-hydrogen) atoms. The summed E-state index contributed by atoms with van der Waals surface area (Å²) in [6.45, 7) is 1.58. The Morgan fingerprint density at radius 1 is 1.58 bits per heavy atom. The summed E-state index contributed by atoms with van der Waals surface area (Å²) >= 11 is 5.59. The minimum absolute atomic E-state index is 0.170. The highest BCUT2D eigenvalue weighted by Crippen LogP contribution is 2.36. The van der Waals surface area contributed by atoms with Crippen molar-refractivity contribution < 1.29 is 14.2 Å². The summed E-state index contributed by atoms with van der Waals surface area (Å²) in [6.07, 6.45) is 0. The molecule has 0 unspecified atom stereocenters. The predicted molar refractivity (Wildman–Crippen MR) is 44.4 cm³/mol. The van der Waals surface area contributed by atoms with Gasteiger partial charge in [-0.25, -0.2) is 4.39 Å². The van der Waals surface area contributed by atoms with Crippen molar-refractivity contribution in [2.45, 2.75) is 6.92 Å². The second kappa shape index (κ2) is 3.19. The summed E-state index contributed by atoms with van der Waals surface area (Å²) < 4.78 is 17.6. The SMILES string of the molecule is COc1c(F)cc(Cl)c(C)c1O. The van der Waals surface area contributed by atoms with Gasteiger partial charge in [0.2, 0.25) is 0 Å². The maximum absolute atomic E-state index is 12.9. The third-order valence-electron chi connectivity index (χ3n) is 1.60. The number of halogens is 2. The minimum atomic E-state index is -0.661. The summed E-state index contributed by atoms with van der Waals surface area (Å²) in [6, 6.07) is 1.11. The standard InChI is InChI=1S/C8H8ClFO2/c1-4-5(9)3-6(10)8(12-2)7(4)11/h3,11H,1-2H3. The second-order valence-corrected chi connectivity index (χ2v) is 2.75. The zero-order valence-corrected chi connectivity index (χ0v) is 7.44. The average Bonchev–Trinajstić information content (AvgIpc) is 2.01. The molecule has 0 aromatic heterocycles. The van der Waals surface area contributed by atoms with Crippen LogP contribution in [0, 0.1) is 12.7 Å². The first-order valence-electron chi connectivity index (χ1n) is 3.29. The van der Waals surface area contributed by atoms with Gasteiger partial charge in [-0.15, -0.1) is 0 Å². The Morgan fingerprint density at radius 2 is 2.17 bits per heavy atom. The molecule has 0 amide bonds. The number of phenolic OH excluding ortho intramolecular Hbond substituents is 1. The molecule has 0 saturated heterocycles. The molecule has 0 fully saturated rings. The first-order valence-corrected chi connectivity index (χ1v) is 3.67. The van der Waals surface area contributed by atoms with Gasteiger partial charge >= 0.3 is 0 Å². The monoisotopic (exact) mass is 190 g/mol. The van der Waals surface area contributed by atoms with Crippen molar-refractivity contribution in [2.24, 2.45) is 0 Å². The van der Waals surface area contributed by atoms with Gasteiger partial charge in [0.25, 0.3) is 0 Å². The van der Waals surface area contributed by atoms with Gasteiger partial charge in [-0.3, -0.25) is 0 Å². The van der Waals surface area contributed by atoms with Gasteiger partial charge in [-0.1, -0.05) is 11.6 Å². The van der Waals surface area contributed by atoms with Crippen molar-refractivity contribution in [3.05, 3.63) is 22.5 Å². The van der Waals surface area contributed by atoms with Gasteiger partial charge in [0.05, 0.1) is 12.1 Å². The topological polar surface area (TPSA) is 29.5 Å². The Kier molecular flexibility index (Phi) is 2.43. The molecule has 0 heterocycles. The van der Waals surface area contributed by atoms with E-state index in [0.29, 0.717) is 5.56 Å². The molecule has 0 bridgehead atoms. The largest absolute Gasteiger partial charge is 0.504 e. The normalized spacial score (nSPS) is 10.0. The molecule has 1 aromatic carbocycles. The van der Waals surface area contributed by atoms with Crippen LogP contribution in [0.4, 0.5) is 4.39 Å². The number of ether oxygens (including phenoxy) is 1. The van der Waals surface area contributed by atoms with Crippen LogP contribution in [0.5, 0.6) is 11.5 Å². The van der Waals surface area contributed by atoms with Crippen LogP contribution in [-0.2, 0) is 0 Å². The number of phenols is 1. The summed E-state index contributed by atoms with van der Waals surface area (Å²) in [5.74, 6) is -1.08. The lowest BCUT2D eigenvalue weighted by Crippen LogP contribution is -1.91. The number of hydrogen-bond acceptors (Lipinski definition) is 2. The Balaban J connectivity index is 3.40. The Morgan fingerprint density at radius 3 is 2.67 bits per heavy atom. The molecule has 0 atom stereocenters. The lowest BCUT2D eigenvalue weighted by Gasteiger charge is -2.07. The molecule has 0 aliphatic rings. The number of hydrogen-bond donors (Lipinski definition) is 1. The van der Waals surface area contributed by atoms with Crippen LogP contribution in [0.25, 0.3) is 0 Å². The van der Waals surface area contributed by atoms with Gasteiger partial charge in [0.1, 0.15) is 0 Å². The van der Waals surface area contributed by atoms with Gasteiger partial charge in [0.15, 0.2) is 17.3 Å². The summed E-state index contributed by atoms with van der Waals surface area (Å²) in [7, 11) is 1.28. The van der Waals surface area contributed by atoms with Crippen LogP contribution in [0.1, 0.15) is 5.56 Å². The van der Waals surface area contributed by atoms with Gasteiger partial charge in [0, 0.05) is 5.56 Å². The summed E-state index contributed by atoms with van der Waals surface area (Å²) in [4.78, 5) is 0. The van der Waals surface area contributed by atoms with Gasteiger partial charge < -0.3 is 9.84 Å². The van der Waals surface area contributed by atoms with E-state index in [2.05, 4.69) is 4.74 Å². The van der Waals surface area contributed by atoms with Crippen molar-refractivity contribution >= 4 is 11.6 Å². The fraction of sp³-hybridized carbons (Fsp3) is 0.250. The van der Waals surface area contributed by atoms with Crippen molar-refractivity contribution in [1.29, 1.82) is 0 Å². The number of benzene rings is 1. The molecule has 0 aliphatic carbocycles. The van der Waals surface area contributed by atoms with Crippen LogP contribution in [0.3, 0.4) is 0 Å². The third-order valence-corrected chi connectivity index (χ3v) is 2.00. The molecule has 0 spiro atoms. The Hall–Kier alpha value is -0.960. The molecule has 1 rings (SSSR count). The van der Waals surface area contributed by atoms with E-state index in [1.165, 1.54) is 7.11 Å². The predicted octanol–water partition coefficient (Wildman–Crippen LogP) is 2.50. The number of aromatic hydroxyl groups is 1. The van der Waals surface area contributed by atoms with E-state index in [9.17, 15) is 9.50 Å². The Bertz CT molecular complexity index is 312. The van der Waals surface area contributed by atoms with Gasteiger partial charge in [-0.05, 0) is 13.0 Å². The molecule has 66 valence electrons. The van der Waals surface area contributed by atoms with Crippen LogP contribution < -0.4 is 4.74 Å². The summed E-state index contributed by atoms with van der Waals surface area (Å²) in [5.41, 5.74) is 0.412. The Labute approximate surface area is 74.5 Å². The van der Waals surface area contributed by atoms with E-state index in [1.54, 1.807) is 6.92 Å². The van der Waals surface area contributed by atoms with Crippen molar-refractivity contribution in [3.63, 3.8) is 0 Å². The molecule has 2 nitrogen and oxygen atoms in total. The molecular weight excluding hydrogens is 183 g/mol. The fourth-order valence-electron chi connectivity index (χ4n) is 0.876. The van der Waals surface area contributed by atoms with Crippen LogP contribution >= 0.6 is 11.6 Å². The zero-order valence-electron chi connectivity index (χ0n) is 6.69. The lowest BCUT2D eigenvalue weighted by molar-refractivity contribution is 0.349. The van der Waals surface area contributed by atoms with Crippen molar-refractivity contribution in [3.8, 4) is 11.5 Å². The van der Waals surface area contributed by atoms with Crippen LogP contribution in [0.15, 0.2) is 6.07 Å². The van der Waals surface area contributed by atoms with E-state index >= 15 is 0 Å². The summed E-state index contributed by atoms with van der Waals surface area (Å²) in [5, 5.41) is 9.50. The number of methoxy groups -OCH3 is 1. The average molecular weight is 191 g/mol. The smallest absolute Gasteiger partial charge is 0.196 e. The quantitative estimate of drug-likeness (QED) is 0.737. The highest BCUT2D eigenvalue weighted by molar-refractivity contribution is 6.31. The first kappa shape index (κ1) is 9.13. The van der Waals surface area contributed by atoms with E-state index < -0.39 is 5.82 Å². The second-order valence-electron chi connectivity index (χ2n) is 2.35. The van der Waals surface area contributed by atoms with Gasteiger partial charge in [-0.2, -0.15) is 0 Å². The lowest BCUT2D eigenvalue weighted by atomic mass is 10.2. The maximum atomic E-state index is 12.9. The molecule has 1 aromatic rings. The highest BCUT2D eigenvalue weighted by atomic mass is 35.5. The molecular formula is C8H8ClFO2. The molecule has 0 aliphatic heterocycles. The van der Waals surface area contributed by atoms with E-state index in [4.69, 9.17) is 11.6 Å². The third kappa shape index (κ3) is 1.32. The van der Waals surface area contributed by atoms with Crippen molar-refractivity contribution in [2.75, 3.05) is 7.11 Å². The number of rotatable bonds is 1. The molecule has 0 radical (unpaired) electrons. The molecule has 4 heteroatoms. The van der Waals surface area contributed by atoms with E-state index in [-0.39, 0.29) is 16.5 Å². The fourth-order valence-corrected chi connectivity index (χ4v) is 1.06. The first-order chi connectivity index (χ1) is 5.57.